The first-order valence-corrected chi connectivity index (χ1v) is 7.47. The van der Waals surface area contributed by atoms with Gasteiger partial charge in [0.25, 0.3) is 0 Å². The molecule has 0 saturated carbocycles. The molecule has 116 valence electrons. The number of carbonyl (C=O) groups is 1. The molecule has 2 atom stereocenters. The van der Waals surface area contributed by atoms with Crippen LogP contribution in [0.4, 0.5) is 5.69 Å². The van der Waals surface area contributed by atoms with Gasteiger partial charge in [-0.15, -0.1) is 0 Å². The van der Waals surface area contributed by atoms with E-state index in [1.54, 1.807) is 7.11 Å². The van der Waals surface area contributed by atoms with Gasteiger partial charge in [0.05, 0.1) is 12.6 Å². The Hall–Kier alpha value is -1.43. The Morgan fingerprint density at radius 3 is 2.95 bits per heavy atom. The summed E-state index contributed by atoms with van der Waals surface area (Å²) in [6.07, 6.45) is 1.27. The van der Waals surface area contributed by atoms with Gasteiger partial charge in [0.2, 0.25) is 5.91 Å². The van der Waals surface area contributed by atoms with Crippen LogP contribution in [0, 0.1) is 5.92 Å². The second-order valence-electron chi connectivity index (χ2n) is 5.68. The van der Waals surface area contributed by atoms with Crippen molar-refractivity contribution in [2.75, 3.05) is 32.1 Å². The average molecular weight is 291 g/mol. The molecule has 1 aliphatic rings. The number of carbonyl (C=O) groups excluding carboxylic acids is 1. The lowest BCUT2D eigenvalue weighted by molar-refractivity contribution is -0.118. The molecule has 2 rings (SSSR count). The van der Waals surface area contributed by atoms with E-state index in [0.717, 1.165) is 30.8 Å². The second kappa shape index (κ2) is 7.54. The molecule has 0 radical (unpaired) electrons. The molecule has 1 amide bonds. The van der Waals surface area contributed by atoms with Gasteiger partial charge in [0, 0.05) is 25.9 Å². The maximum absolute atomic E-state index is 12.2. The van der Waals surface area contributed by atoms with Crippen molar-refractivity contribution in [2.45, 2.75) is 26.0 Å². The molecule has 1 saturated heterocycles. The molecule has 1 aliphatic heterocycles. The van der Waals surface area contributed by atoms with Crippen molar-refractivity contribution in [3.05, 3.63) is 29.8 Å². The van der Waals surface area contributed by atoms with Crippen LogP contribution in [0.1, 0.15) is 18.9 Å². The summed E-state index contributed by atoms with van der Waals surface area (Å²) in [5, 5.41) is 2.95. The number of methoxy groups -OCH3 is 1. The van der Waals surface area contributed by atoms with Crippen molar-refractivity contribution in [1.29, 1.82) is 0 Å². The Bertz CT molecular complexity index is 478. The SMILES string of the molecule is COC1CN(CC(=O)Nc2ccccc2CN)CCC1C. The van der Waals surface area contributed by atoms with Gasteiger partial charge in [0.15, 0.2) is 0 Å². The zero-order valence-electron chi connectivity index (χ0n) is 12.8. The number of benzene rings is 1. The van der Waals surface area contributed by atoms with E-state index >= 15 is 0 Å². The monoisotopic (exact) mass is 291 g/mol. The van der Waals surface area contributed by atoms with E-state index in [4.69, 9.17) is 10.5 Å². The number of hydrogen-bond donors (Lipinski definition) is 2. The number of amides is 1. The third kappa shape index (κ3) is 4.27. The van der Waals surface area contributed by atoms with Crippen molar-refractivity contribution in [2.24, 2.45) is 11.7 Å². The van der Waals surface area contributed by atoms with E-state index in [1.165, 1.54) is 0 Å². The first-order valence-electron chi connectivity index (χ1n) is 7.47. The summed E-state index contributed by atoms with van der Waals surface area (Å²) >= 11 is 0. The van der Waals surface area contributed by atoms with Crippen molar-refractivity contribution in [3.8, 4) is 0 Å². The Morgan fingerprint density at radius 1 is 1.48 bits per heavy atom. The molecular weight excluding hydrogens is 266 g/mol. The Labute approximate surface area is 126 Å². The van der Waals surface area contributed by atoms with E-state index in [1.807, 2.05) is 24.3 Å². The number of nitrogens with zero attached hydrogens (tertiary/aromatic N) is 1. The summed E-state index contributed by atoms with van der Waals surface area (Å²) in [4.78, 5) is 14.3. The van der Waals surface area contributed by atoms with Crippen LogP contribution >= 0.6 is 0 Å². The smallest absolute Gasteiger partial charge is 0.238 e. The van der Waals surface area contributed by atoms with E-state index in [-0.39, 0.29) is 12.0 Å². The lowest BCUT2D eigenvalue weighted by atomic mass is 9.96. The Kier molecular flexibility index (Phi) is 5.73. The van der Waals surface area contributed by atoms with Crippen molar-refractivity contribution in [3.63, 3.8) is 0 Å². The number of nitrogens with two attached hydrogens (primary N) is 1. The van der Waals surface area contributed by atoms with E-state index in [9.17, 15) is 4.79 Å². The molecule has 1 aromatic carbocycles. The number of anilines is 1. The molecule has 1 fully saturated rings. The van der Waals surface area contributed by atoms with Gasteiger partial charge in [0.1, 0.15) is 0 Å². The van der Waals surface area contributed by atoms with Crippen LogP contribution in [0.25, 0.3) is 0 Å². The number of rotatable bonds is 5. The van der Waals surface area contributed by atoms with Gasteiger partial charge >= 0.3 is 0 Å². The molecule has 5 nitrogen and oxygen atoms in total. The highest BCUT2D eigenvalue weighted by Gasteiger charge is 2.27. The fraction of sp³-hybridized carbons (Fsp3) is 0.562. The van der Waals surface area contributed by atoms with Crippen LogP contribution in [0.2, 0.25) is 0 Å². The molecule has 21 heavy (non-hydrogen) atoms. The van der Waals surface area contributed by atoms with Gasteiger partial charge in [-0.2, -0.15) is 0 Å². The summed E-state index contributed by atoms with van der Waals surface area (Å²) in [5.41, 5.74) is 7.44. The fourth-order valence-corrected chi connectivity index (χ4v) is 2.76. The number of hydrogen-bond acceptors (Lipinski definition) is 4. The molecule has 0 aromatic heterocycles. The largest absolute Gasteiger partial charge is 0.380 e. The summed E-state index contributed by atoms with van der Waals surface area (Å²) < 4.78 is 5.48. The highest BCUT2D eigenvalue weighted by Crippen LogP contribution is 2.19. The number of likely N-dealkylation sites (tertiary alicyclic amines) is 1. The van der Waals surface area contributed by atoms with Crippen molar-refractivity contribution < 1.29 is 9.53 Å². The minimum absolute atomic E-state index is 0.000283. The molecule has 0 aliphatic carbocycles. The highest BCUT2D eigenvalue weighted by atomic mass is 16.5. The van der Waals surface area contributed by atoms with Gasteiger partial charge in [-0.25, -0.2) is 0 Å². The second-order valence-corrected chi connectivity index (χ2v) is 5.68. The zero-order chi connectivity index (χ0) is 15.2. The molecule has 0 bridgehead atoms. The zero-order valence-corrected chi connectivity index (χ0v) is 12.8. The molecule has 0 spiro atoms. The molecule has 1 aromatic rings. The van der Waals surface area contributed by atoms with E-state index < -0.39 is 0 Å². The maximum atomic E-state index is 12.2. The van der Waals surface area contributed by atoms with Gasteiger partial charge < -0.3 is 15.8 Å². The molecular formula is C16H25N3O2. The Morgan fingerprint density at radius 2 is 2.24 bits per heavy atom. The number of ether oxygens (including phenoxy) is 1. The topological polar surface area (TPSA) is 67.6 Å². The van der Waals surface area contributed by atoms with Crippen LogP contribution in [0.5, 0.6) is 0 Å². The fourth-order valence-electron chi connectivity index (χ4n) is 2.76. The number of nitrogens with one attached hydrogen (secondary N) is 1. The standard InChI is InChI=1S/C16H25N3O2/c1-12-7-8-19(10-15(12)21-2)11-16(20)18-14-6-4-3-5-13(14)9-17/h3-6,12,15H,7-11,17H2,1-2H3,(H,18,20). The summed E-state index contributed by atoms with van der Waals surface area (Å²) in [5.74, 6) is 0.549. The quantitative estimate of drug-likeness (QED) is 0.861. The minimum atomic E-state index is 0.000283. The highest BCUT2D eigenvalue weighted by molar-refractivity contribution is 5.93. The van der Waals surface area contributed by atoms with Gasteiger partial charge in [-0.1, -0.05) is 25.1 Å². The predicted molar refractivity (Wildman–Crippen MR) is 84.0 cm³/mol. The van der Waals surface area contributed by atoms with Crippen molar-refractivity contribution >= 4 is 11.6 Å². The summed E-state index contributed by atoms with van der Waals surface area (Å²) in [6, 6.07) is 7.64. The number of piperidine rings is 1. The van der Waals surface area contributed by atoms with E-state index in [0.29, 0.717) is 19.0 Å². The number of para-hydroxylation sites is 1. The summed E-state index contributed by atoms with van der Waals surface area (Å²) in [7, 11) is 1.74. The molecule has 2 unspecified atom stereocenters. The van der Waals surface area contributed by atoms with Gasteiger partial charge in [-0.05, 0) is 30.5 Å². The molecule has 3 N–H and O–H groups in total. The van der Waals surface area contributed by atoms with Crippen LogP contribution in [-0.2, 0) is 16.1 Å². The third-order valence-electron chi connectivity index (χ3n) is 4.15. The normalized spacial score (nSPS) is 23.0. The average Bonchev–Trinajstić information content (AvgIpc) is 2.49. The maximum Gasteiger partial charge on any atom is 0.238 e. The predicted octanol–water partition coefficient (Wildman–Crippen LogP) is 1.44. The minimum Gasteiger partial charge on any atom is -0.380 e. The molecule has 5 heteroatoms. The molecule has 1 heterocycles. The summed E-state index contributed by atoms with van der Waals surface area (Å²) in [6.45, 7) is 4.76. The Balaban J connectivity index is 1.90. The van der Waals surface area contributed by atoms with Crippen LogP contribution in [-0.4, -0.2) is 43.7 Å². The van der Waals surface area contributed by atoms with Crippen LogP contribution < -0.4 is 11.1 Å². The van der Waals surface area contributed by atoms with Gasteiger partial charge in [-0.3, -0.25) is 9.69 Å². The first kappa shape index (κ1) is 15.9. The van der Waals surface area contributed by atoms with Crippen LogP contribution in [0.15, 0.2) is 24.3 Å². The lowest BCUT2D eigenvalue weighted by Gasteiger charge is -2.35. The third-order valence-corrected chi connectivity index (χ3v) is 4.15. The first-order chi connectivity index (χ1) is 10.1. The van der Waals surface area contributed by atoms with Crippen molar-refractivity contribution in [1.82, 2.24) is 4.90 Å². The van der Waals surface area contributed by atoms with E-state index in [2.05, 4.69) is 17.1 Å². The lowest BCUT2D eigenvalue weighted by Crippen LogP contribution is -2.46. The van der Waals surface area contributed by atoms with Crippen LogP contribution in [0.3, 0.4) is 0 Å².